The van der Waals surface area contributed by atoms with Crippen molar-refractivity contribution in [2.75, 3.05) is 13.1 Å². The number of oxazole rings is 1. The largest absolute Gasteiger partial charge is 0.446 e. The van der Waals surface area contributed by atoms with E-state index in [1.54, 1.807) is 6.92 Å². The molecule has 6 nitrogen and oxygen atoms in total. The van der Waals surface area contributed by atoms with E-state index in [1.807, 2.05) is 6.92 Å². The van der Waals surface area contributed by atoms with Gasteiger partial charge in [0.05, 0.1) is 6.54 Å². The number of nitrogens with zero attached hydrogens (tertiary/aromatic N) is 2. The molecule has 1 aromatic heterocycles. The van der Waals surface area contributed by atoms with Crippen molar-refractivity contribution in [3.63, 3.8) is 0 Å². The predicted octanol–water partition coefficient (Wildman–Crippen LogP) is 2.23. The molecule has 0 aliphatic heterocycles. The molecular formula is C16H18FN3O3. The van der Waals surface area contributed by atoms with Crippen molar-refractivity contribution in [1.29, 1.82) is 0 Å². The number of rotatable bonds is 6. The fourth-order valence-electron chi connectivity index (χ4n) is 2.00. The molecule has 0 bridgehead atoms. The Morgan fingerprint density at radius 2 is 1.96 bits per heavy atom. The van der Waals surface area contributed by atoms with Crippen molar-refractivity contribution in [1.82, 2.24) is 15.2 Å². The standard InChI is InChI=1S/C16H18FN3O3/c1-3-18-15(21)13-10-23-14(19-13)9-20(4-2)16(22)11-5-7-12(17)8-6-11/h5-8,10H,3-4,9H2,1-2H3,(H,18,21). The predicted molar refractivity (Wildman–Crippen MR) is 81.3 cm³/mol. The Bertz CT molecular complexity index is 682. The number of hydrogen-bond acceptors (Lipinski definition) is 4. The monoisotopic (exact) mass is 319 g/mol. The van der Waals surface area contributed by atoms with Crippen LogP contribution < -0.4 is 5.32 Å². The van der Waals surface area contributed by atoms with Crippen LogP contribution in [0.15, 0.2) is 34.9 Å². The van der Waals surface area contributed by atoms with Gasteiger partial charge >= 0.3 is 0 Å². The molecule has 0 atom stereocenters. The number of carbonyl (C=O) groups excluding carboxylic acids is 2. The lowest BCUT2D eigenvalue weighted by atomic mass is 10.2. The molecular weight excluding hydrogens is 301 g/mol. The Kier molecular flexibility index (Phi) is 5.46. The summed E-state index contributed by atoms with van der Waals surface area (Å²) < 4.78 is 18.2. The highest BCUT2D eigenvalue weighted by Crippen LogP contribution is 2.11. The number of amides is 2. The number of benzene rings is 1. The molecule has 23 heavy (non-hydrogen) atoms. The molecule has 122 valence electrons. The molecule has 0 saturated heterocycles. The van der Waals surface area contributed by atoms with E-state index in [4.69, 9.17) is 4.42 Å². The zero-order valence-electron chi connectivity index (χ0n) is 13.0. The van der Waals surface area contributed by atoms with Gasteiger partial charge < -0.3 is 14.6 Å². The molecule has 1 heterocycles. The average Bonchev–Trinajstić information content (AvgIpc) is 3.01. The molecule has 0 fully saturated rings. The molecule has 0 unspecified atom stereocenters. The number of aromatic nitrogens is 1. The number of carbonyl (C=O) groups is 2. The number of halogens is 1. The normalized spacial score (nSPS) is 10.4. The van der Waals surface area contributed by atoms with Crippen LogP contribution in [0.1, 0.15) is 40.6 Å². The highest BCUT2D eigenvalue weighted by atomic mass is 19.1. The molecule has 0 saturated carbocycles. The van der Waals surface area contributed by atoms with Gasteiger partial charge in [0, 0.05) is 18.7 Å². The molecule has 2 aromatic rings. The fraction of sp³-hybridized carbons (Fsp3) is 0.312. The lowest BCUT2D eigenvalue weighted by molar-refractivity contribution is 0.0738. The van der Waals surface area contributed by atoms with Gasteiger partial charge in [-0.25, -0.2) is 9.37 Å². The third-order valence-corrected chi connectivity index (χ3v) is 3.21. The Hall–Kier alpha value is -2.70. The minimum Gasteiger partial charge on any atom is -0.446 e. The van der Waals surface area contributed by atoms with Crippen molar-refractivity contribution < 1.29 is 18.4 Å². The molecule has 2 rings (SSSR count). The highest BCUT2D eigenvalue weighted by Gasteiger charge is 2.18. The van der Waals surface area contributed by atoms with Gasteiger partial charge in [0.1, 0.15) is 12.1 Å². The lowest BCUT2D eigenvalue weighted by Gasteiger charge is -2.19. The van der Waals surface area contributed by atoms with Crippen LogP contribution in [0.25, 0.3) is 0 Å². The minimum absolute atomic E-state index is 0.131. The van der Waals surface area contributed by atoms with E-state index in [0.29, 0.717) is 18.7 Å². The summed E-state index contributed by atoms with van der Waals surface area (Å²) in [6, 6.07) is 5.32. The van der Waals surface area contributed by atoms with Crippen molar-refractivity contribution in [3.8, 4) is 0 Å². The third kappa shape index (κ3) is 4.15. The zero-order valence-corrected chi connectivity index (χ0v) is 13.0. The van der Waals surface area contributed by atoms with Crippen LogP contribution >= 0.6 is 0 Å². The van der Waals surface area contributed by atoms with Crippen LogP contribution in [0.2, 0.25) is 0 Å². The molecule has 7 heteroatoms. The maximum atomic E-state index is 12.9. The molecule has 1 N–H and O–H groups in total. The van der Waals surface area contributed by atoms with Gasteiger partial charge in [-0.15, -0.1) is 0 Å². The van der Waals surface area contributed by atoms with Crippen LogP contribution in [0.3, 0.4) is 0 Å². The van der Waals surface area contributed by atoms with Gasteiger partial charge in [0.2, 0.25) is 5.89 Å². The van der Waals surface area contributed by atoms with Crippen LogP contribution in [-0.2, 0) is 6.54 Å². The Morgan fingerprint density at radius 3 is 2.57 bits per heavy atom. The topological polar surface area (TPSA) is 75.4 Å². The van der Waals surface area contributed by atoms with E-state index >= 15 is 0 Å². The second kappa shape index (κ2) is 7.53. The SMILES string of the molecule is CCNC(=O)c1coc(CN(CC)C(=O)c2ccc(F)cc2)n1. The number of hydrogen-bond donors (Lipinski definition) is 1. The van der Waals surface area contributed by atoms with Gasteiger partial charge in [-0.2, -0.15) is 0 Å². The summed E-state index contributed by atoms with van der Waals surface area (Å²) in [5.41, 5.74) is 0.552. The molecule has 2 amide bonds. The second-order valence-electron chi connectivity index (χ2n) is 4.81. The van der Waals surface area contributed by atoms with E-state index in [2.05, 4.69) is 10.3 Å². The molecule has 0 aliphatic carbocycles. The maximum Gasteiger partial charge on any atom is 0.273 e. The van der Waals surface area contributed by atoms with E-state index in [0.717, 1.165) is 0 Å². The quantitative estimate of drug-likeness (QED) is 0.886. The first kappa shape index (κ1) is 16.7. The summed E-state index contributed by atoms with van der Waals surface area (Å²) in [5.74, 6) is -0.715. The van der Waals surface area contributed by atoms with E-state index in [-0.39, 0.29) is 29.9 Å². The average molecular weight is 319 g/mol. The lowest BCUT2D eigenvalue weighted by Crippen LogP contribution is -2.30. The highest BCUT2D eigenvalue weighted by molar-refractivity contribution is 5.94. The second-order valence-corrected chi connectivity index (χ2v) is 4.81. The number of nitrogens with one attached hydrogen (secondary N) is 1. The van der Waals surface area contributed by atoms with Crippen LogP contribution in [0, 0.1) is 5.82 Å². The first-order chi connectivity index (χ1) is 11.0. The van der Waals surface area contributed by atoms with Crippen molar-refractivity contribution in [2.24, 2.45) is 0 Å². The summed E-state index contributed by atoms with van der Waals surface area (Å²) in [6.07, 6.45) is 1.26. The molecule has 0 radical (unpaired) electrons. The van der Waals surface area contributed by atoms with Gasteiger partial charge in [-0.1, -0.05) is 0 Å². The van der Waals surface area contributed by atoms with Gasteiger partial charge in [-0.05, 0) is 38.1 Å². The van der Waals surface area contributed by atoms with Gasteiger partial charge in [0.15, 0.2) is 5.69 Å². The van der Waals surface area contributed by atoms with Crippen LogP contribution in [0.4, 0.5) is 4.39 Å². The van der Waals surface area contributed by atoms with Gasteiger partial charge in [0.25, 0.3) is 11.8 Å². The first-order valence-electron chi connectivity index (χ1n) is 7.32. The Morgan fingerprint density at radius 1 is 1.26 bits per heavy atom. The summed E-state index contributed by atoms with van der Waals surface area (Å²) in [7, 11) is 0. The van der Waals surface area contributed by atoms with E-state index < -0.39 is 5.82 Å². The van der Waals surface area contributed by atoms with Crippen molar-refractivity contribution >= 4 is 11.8 Å². The molecule has 0 spiro atoms. The summed E-state index contributed by atoms with van der Waals surface area (Å²) in [4.78, 5) is 29.6. The van der Waals surface area contributed by atoms with Gasteiger partial charge in [-0.3, -0.25) is 9.59 Å². The van der Waals surface area contributed by atoms with E-state index in [9.17, 15) is 14.0 Å². The smallest absolute Gasteiger partial charge is 0.273 e. The summed E-state index contributed by atoms with van der Waals surface area (Å²) in [6.45, 7) is 4.67. The van der Waals surface area contributed by atoms with Crippen molar-refractivity contribution in [2.45, 2.75) is 20.4 Å². The fourth-order valence-corrected chi connectivity index (χ4v) is 2.00. The van der Waals surface area contributed by atoms with Crippen LogP contribution in [-0.4, -0.2) is 34.8 Å². The zero-order chi connectivity index (χ0) is 16.8. The summed E-state index contributed by atoms with van der Waals surface area (Å²) in [5, 5.41) is 2.62. The Labute approximate surface area is 133 Å². The third-order valence-electron chi connectivity index (χ3n) is 3.21. The first-order valence-corrected chi connectivity index (χ1v) is 7.32. The minimum atomic E-state index is -0.399. The van der Waals surface area contributed by atoms with Crippen molar-refractivity contribution in [3.05, 3.63) is 53.5 Å². The van der Waals surface area contributed by atoms with E-state index in [1.165, 1.54) is 35.4 Å². The molecule has 1 aromatic carbocycles. The van der Waals surface area contributed by atoms with Crippen LogP contribution in [0.5, 0.6) is 0 Å². The summed E-state index contributed by atoms with van der Waals surface area (Å²) >= 11 is 0. The maximum absolute atomic E-state index is 12.9. The molecule has 0 aliphatic rings. The Balaban J connectivity index is 2.08.